The SMILES string of the molecule is C=C/C=C\C1=C(C)C(C(C)CC)CCC1. The van der Waals surface area contributed by atoms with Crippen molar-refractivity contribution in [3.63, 3.8) is 0 Å². The third-order valence-electron chi connectivity index (χ3n) is 3.79. The molecule has 0 nitrogen and oxygen atoms in total. The lowest BCUT2D eigenvalue weighted by Crippen LogP contribution is -2.17. The summed E-state index contributed by atoms with van der Waals surface area (Å²) in [5.41, 5.74) is 3.17. The predicted molar refractivity (Wildman–Crippen MR) is 68.8 cm³/mol. The van der Waals surface area contributed by atoms with Gasteiger partial charge in [0.15, 0.2) is 0 Å². The van der Waals surface area contributed by atoms with E-state index in [-0.39, 0.29) is 0 Å². The minimum Gasteiger partial charge on any atom is -0.0991 e. The number of allylic oxidation sites excluding steroid dienone is 5. The van der Waals surface area contributed by atoms with Crippen LogP contribution in [0.5, 0.6) is 0 Å². The molecule has 0 aliphatic heterocycles. The highest BCUT2D eigenvalue weighted by molar-refractivity contribution is 5.30. The Hall–Kier alpha value is -0.780. The zero-order valence-electron chi connectivity index (χ0n) is 10.4. The molecule has 0 N–H and O–H groups in total. The highest BCUT2D eigenvalue weighted by atomic mass is 14.3. The first-order valence-electron chi connectivity index (χ1n) is 6.19. The fourth-order valence-electron chi connectivity index (χ4n) is 2.56. The molecule has 2 unspecified atom stereocenters. The first-order chi connectivity index (χ1) is 7.20. The average Bonchev–Trinajstić information content (AvgIpc) is 2.27. The summed E-state index contributed by atoms with van der Waals surface area (Å²) in [5, 5.41) is 0. The molecule has 0 amide bonds. The highest BCUT2D eigenvalue weighted by Gasteiger charge is 2.22. The molecular formula is C15H24. The van der Waals surface area contributed by atoms with Gasteiger partial charge in [0.1, 0.15) is 0 Å². The van der Waals surface area contributed by atoms with E-state index in [1.807, 2.05) is 6.08 Å². The number of rotatable bonds is 4. The lowest BCUT2D eigenvalue weighted by molar-refractivity contribution is 0.352. The van der Waals surface area contributed by atoms with Crippen LogP contribution in [0.3, 0.4) is 0 Å². The molecule has 84 valence electrons. The van der Waals surface area contributed by atoms with E-state index < -0.39 is 0 Å². The van der Waals surface area contributed by atoms with Gasteiger partial charge in [-0.05, 0) is 43.6 Å². The Kier molecular flexibility index (Phi) is 4.87. The zero-order valence-corrected chi connectivity index (χ0v) is 10.4. The van der Waals surface area contributed by atoms with Crippen LogP contribution in [0.4, 0.5) is 0 Å². The summed E-state index contributed by atoms with van der Waals surface area (Å²) in [6.45, 7) is 10.7. The molecule has 15 heavy (non-hydrogen) atoms. The monoisotopic (exact) mass is 204 g/mol. The normalized spacial score (nSPS) is 24.6. The summed E-state index contributed by atoms with van der Waals surface area (Å²) in [4.78, 5) is 0. The van der Waals surface area contributed by atoms with E-state index in [1.54, 1.807) is 11.1 Å². The second kappa shape index (κ2) is 5.95. The molecule has 2 atom stereocenters. The van der Waals surface area contributed by atoms with Crippen LogP contribution < -0.4 is 0 Å². The van der Waals surface area contributed by atoms with E-state index in [0.717, 1.165) is 11.8 Å². The molecular weight excluding hydrogens is 180 g/mol. The minimum absolute atomic E-state index is 0.813. The van der Waals surface area contributed by atoms with Crippen LogP contribution in [0, 0.1) is 11.8 Å². The van der Waals surface area contributed by atoms with Crippen molar-refractivity contribution in [3.05, 3.63) is 36.0 Å². The van der Waals surface area contributed by atoms with Crippen molar-refractivity contribution in [1.29, 1.82) is 0 Å². The highest BCUT2D eigenvalue weighted by Crippen LogP contribution is 2.36. The van der Waals surface area contributed by atoms with Gasteiger partial charge in [-0.15, -0.1) is 0 Å². The van der Waals surface area contributed by atoms with Crippen LogP contribution in [0.15, 0.2) is 36.0 Å². The van der Waals surface area contributed by atoms with E-state index >= 15 is 0 Å². The molecule has 0 heteroatoms. The fraction of sp³-hybridized carbons (Fsp3) is 0.600. The summed E-state index contributed by atoms with van der Waals surface area (Å²) < 4.78 is 0. The van der Waals surface area contributed by atoms with Gasteiger partial charge in [-0.3, -0.25) is 0 Å². The van der Waals surface area contributed by atoms with Crippen LogP contribution in [0.25, 0.3) is 0 Å². The van der Waals surface area contributed by atoms with Crippen molar-refractivity contribution in [1.82, 2.24) is 0 Å². The number of hydrogen-bond donors (Lipinski definition) is 0. The first kappa shape index (κ1) is 12.3. The maximum atomic E-state index is 3.73. The van der Waals surface area contributed by atoms with Gasteiger partial charge in [-0.1, -0.05) is 50.6 Å². The Bertz CT molecular complexity index is 268. The first-order valence-corrected chi connectivity index (χ1v) is 6.19. The summed E-state index contributed by atoms with van der Waals surface area (Å²) in [5.74, 6) is 1.64. The van der Waals surface area contributed by atoms with Gasteiger partial charge in [0, 0.05) is 0 Å². The van der Waals surface area contributed by atoms with Crippen molar-refractivity contribution in [2.75, 3.05) is 0 Å². The molecule has 0 saturated heterocycles. The van der Waals surface area contributed by atoms with Gasteiger partial charge >= 0.3 is 0 Å². The van der Waals surface area contributed by atoms with Gasteiger partial charge in [-0.25, -0.2) is 0 Å². The van der Waals surface area contributed by atoms with E-state index in [4.69, 9.17) is 0 Å². The van der Waals surface area contributed by atoms with E-state index in [2.05, 4.69) is 39.5 Å². The summed E-state index contributed by atoms with van der Waals surface area (Å²) in [6.07, 6.45) is 11.5. The largest absolute Gasteiger partial charge is 0.0991 e. The van der Waals surface area contributed by atoms with E-state index in [9.17, 15) is 0 Å². The molecule has 0 spiro atoms. The Balaban J connectivity index is 2.84. The van der Waals surface area contributed by atoms with Gasteiger partial charge in [0.25, 0.3) is 0 Å². The Morgan fingerprint density at radius 2 is 2.27 bits per heavy atom. The van der Waals surface area contributed by atoms with Crippen LogP contribution in [-0.2, 0) is 0 Å². The third-order valence-corrected chi connectivity index (χ3v) is 3.79. The molecule has 0 fully saturated rings. The van der Waals surface area contributed by atoms with E-state index in [1.165, 1.54) is 25.7 Å². The van der Waals surface area contributed by atoms with Crippen molar-refractivity contribution in [2.45, 2.75) is 46.5 Å². The summed E-state index contributed by atoms with van der Waals surface area (Å²) in [6, 6.07) is 0. The molecule has 1 rings (SSSR count). The van der Waals surface area contributed by atoms with Crippen LogP contribution in [-0.4, -0.2) is 0 Å². The molecule has 0 aromatic heterocycles. The average molecular weight is 204 g/mol. The molecule has 1 aliphatic rings. The zero-order chi connectivity index (χ0) is 11.3. The standard InChI is InChI=1S/C15H24/c1-5-7-9-14-10-8-11-15(13(14)4)12(3)6-2/h5,7,9,12,15H,1,6,8,10-11H2,2-4H3/b9-7-. The molecule has 0 aromatic carbocycles. The topological polar surface area (TPSA) is 0 Å². The molecule has 0 radical (unpaired) electrons. The molecule has 0 saturated carbocycles. The van der Waals surface area contributed by atoms with Crippen LogP contribution in [0.2, 0.25) is 0 Å². The molecule has 0 bridgehead atoms. The predicted octanol–water partition coefficient (Wildman–Crippen LogP) is 4.89. The third kappa shape index (κ3) is 3.09. The fourth-order valence-corrected chi connectivity index (χ4v) is 2.56. The molecule has 0 aromatic rings. The number of hydrogen-bond acceptors (Lipinski definition) is 0. The quantitative estimate of drug-likeness (QED) is 0.572. The van der Waals surface area contributed by atoms with Crippen molar-refractivity contribution >= 4 is 0 Å². The van der Waals surface area contributed by atoms with Gasteiger partial charge in [0.2, 0.25) is 0 Å². The van der Waals surface area contributed by atoms with Crippen molar-refractivity contribution in [2.24, 2.45) is 11.8 Å². The maximum Gasteiger partial charge on any atom is -0.0174 e. The Morgan fingerprint density at radius 3 is 2.87 bits per heavy atom. The lowest BCUT2D eigenvalue weighted by atomic mass is 9.76. The maximum absolute atomic E-state index is 3.73. The smallest absolute Gasteiger partial charge is 0.0174 e. The summed E-state index contributed by atoms with van der Waals surface area (Å²) in [7, 11) is 0. The van der Waals surface area contributed by atoms with Gasteiger partial charge in [-0.2, -0.15) is 0 Å². The second-order valence-corrected chi connectivity index (χ2v) is 4.69. The van der Waals surface area contributed by atoms with E-state index in [0.29, 0.717) is 0 Å². The minimum atomic E-state index is 0.813. The van der Waals surface area contributed by atoms with Crippen LogP contribution in [0.1, 0.15) is 46.5 Å². The van der Waals surface area contributed by atoms with Crippen molar-refractivity contribution in [3.8, 4) is 0 Å². The van der Waals surface area contributed by atoms with Crippen molar-refractivity contribution < 1.29 is 0 Å². The molecule has 1 aliphatic carbocycles. The molecule has 0 heterocycles. The Morgan fingerprint density at radius 1 is 1.53 bits per heavy atom. The summed E-state index contributed by atoms with van der Waals surface area (Å²) >= 11 is 0. The second-order valence-electron chi connectivity index (χ2n) is 4.69. The van der Waals surface area contributed by atoms with Gasteiger partial charge < -0.3 is 0 Å². The lowest BCUT2D eigenvalue weighted by Gasteiger charge is -2.30. The van der Waals surface area contributed by atoms with Gasteiger partial charge in [0.05, 0.1) is 0 Å². The Labute approximate surface area is 94.8 Å². The van der Waals surface area contributed by atoms with Crippen LogP contribution >= 0.6 is 0 Å².